The number of esters is 1. The third-order valence-corrected chi connectivity index (χ3v) is 6.23. The van der Waals surface area contributed by atoms with Crippen LogP contribution in [0, 0.1) is 13.8 Å². The molecule has 0 spiro atoms. The van der Waals surface area contributed by atoms with E-state index >= 15 is 0 Å². The molecule has 3 rings (SSSR count). The lowest BCUT2D eigenvalue weighted by molar-refractivity contribution is -0.121. The zero-order valence-electron chi connectivity index (χ0n) is 18.0. The Morgan fingerprint density at radius 1 is 0.938 bits per heavy atom. The van der Waals surface area contributed by atoms with E-state index < -0.39 is 28.5 Å². The molecule has 1 amide bonds. The van der Waals surface area contributed by atoms with Gasteiger partial charge in [0.25, 0.3) is 15.9 Å². The predicted octanol–water partition coefficient (Wildman–Crippen LogP) is 3.92. The molecule has 0 aliphatic carbocycles. The lowest BCUT2D eigenvalue weighted by Crippen LogP contribution is -2.31. The molecule has 0 radical (unpaired) electrons. The number of aryl methyl sites for hydroxylation is 2. The summed E-state index contributed by atoms with van der Waals surface area (Å²) in [6.45, 7) is 3.05. The largest absolute Gasteiger partial charge is 0.452 e. The number of hydrogen-bond donors (Lipinski definition) is 1. The number of benzene rings is 3. The van der Waals surface area contributed by atoms with Crippen molar-refractivity contribution in [3.63, 3.8) is 0 Å². The van der Waals surface area contributed by atoms with Crippen molar-refractivity contribution in [3.8, 4) is 0 Å². The quantitative estimate of drug-likeness (QED) is 0.549. The van der Waals surface area contributed by atoms with Gasteiger partial charge in [-0.3, -0.25) is 9.52 Å². The van der Waals surface area contributed by atoms with Crippen LogP contribution >= 0.6 is 0 Å². The van der Waals surface area contributed by atoms with Crippen LogP contribution in [0.1, 0.15) is 21.5 Å². The van der Waals surface area contributed by atoms with Gasteiger partial charge in [0.05, 0.1) is 10.5 Å². The molecule has 0 saturated heterocycles. The Morgan fingerprint density at radius 2 is 1.66 bits per heavy atom. The van der Waals surface area contributed by atoms with E-state index in [0.717, 1.165) is 5.56 Å². The summed E-state index contributed by atoms with van der Waals surface area (Å²) < 4.78 is 33.2. The maximum Gasteiger partial charge on any atom is 0.338 e. The van der Waals surface area contributed by atoms with E-state index in [1.54, 1.807) is 56.4 Å². The number of nitrogens with zero attached hydrogens (tertiary/aromatic N) is 1. The molecule has 1 N–H and O–H groups in total. The molecule has 0 atom stereocenters. The first kappa shape index (κ1) is 23.0. The van der Waals surface area contributed by atoms with Gasteiger partial charge >= 0.3 is 5.97 Å². The molecule has 3 aromatic rings. The van der Waals surface area contributed by atoms with Crippen LogP contribution in [0.5, 0.6) is 0 Å². The number of ether oxygens (including phenoxy) is 1. The number of nitrogens with one attached hydrogen (secondary N) is 1. The first-order chi connectivity index (χ1) is 15.2. The van der Waals surface area contributed by atoms with Gasteiger partial charge in [-0.2, -0.15) is 0 Å². The minimum absolute atomic E-state index is 0.0762. The topological polar surface area (TPSA) is 92.8 Å². The highest BCUT2D eigenvalue weighted by Gasteiger charge is 2.20. The van der Waals surface area contributed by atoms with Crippen molar-refractivity contribution >= 4 is 33.3 Å². The molecule has 32 heavy (non-hydrogen) atoms. The van der Waals surface area contributed by atoms with E-state index in [4.69, 9.17) is 4.74 Å². The molecule has 0 unspecified atom stereocenters. The standard InChI is InChI=1S/C24H24N2O5S/c1-17-8-7-9-19(14-17)25-32(29,30)21-13-12-18(2)22(15-21)24(28)31-16-23(27)26(3)20-10-5-4-6-11-20/h4-15,25H,16H2,1-3H3. The van der Waals surface area contributed by atoms with Crippen LogP contribution in [0.4, 0.5) is 11.4 Å². The minimum atomic E-state index is -3.92. The zero-order chi connectivity index (χ0) is 23.3. The fraction of sp³-hybridized carbons (Fsp3) is 0.167. The van der Waals surface area contributed by atoms with Crippen molar-refractivity contribution < 1.29 is 22.7 Å². The van der Waals surface area contributed by atoms with Crippen molar-refractivity contribution in [2.24, 2.45) is 0 Å². The number of amides is 1. The smallest absolute Gasteiger partial charge is 0.338 e. The van der Waals surface area contributed by atoms with Crippen LogP contribution in [-0.4, -0.2) is 33.9 Å². The highest BCUT2D eigenvalue weighted by molar-refractivity contribution is 7.92. The summed E-state index contributed by atoms with van der Waals surface area (Å²) in [6, 6.07) is 20.1. The van der Waals surface area contributed by atoms with Gasteiger partial charge in [0.15, 0.2) is 6.61 Å². The van der Waals surface area contributed by atoms with Crippen molar-refractivity contribution in [2.45, 2.75) is 18.7 Å². The molecular weight excluding hydrogens is 428 g/mol. The number of sulfonamides is 1. The normalized spacial score (nSPS) is 11.0. The fourth-order valence-corrected chi connectivity index (χ4v) is 4.08. The molecule has 0 fully saturated rings. The van der Waals surface area contributed by atoms with Crippen LogP contribution in [0.15, 0.2) is 77.7 Å². The molecule has 166 valence electrons. The molecular formula is C24H24N2O5S. The Labute approximate surface area is 187 Å². The van der Waals surface area contributed by atoms with Crippen molar-refractivity contribution in [1.82, 2.24) is 0 Å². The van der Waals surface area contributed by atoms with Gasteiger partial charge in [0, 0.05) is 18.4 Å². The molecule has 8 heteroatoms. The van der Waals surface area contributed by atoms with E-state index in [0.29, 0.717) is 16.9 Å². The van der Waals surface area contributed by atoms with Crippen molar-refractivity contribution in [1.29, 1.82) is 0 Å². The number of likely N-dealkylation sites (N-methyl/N-ethyl adjacent to an activating group) is 1. The van der Waals surface area contributed by atoms with E-state index in [9.17, 15) is 18.0 Å². The summed E-state index contributed by atoms with van der Waals surface area (Å²) in [6.07, 6.45) is 0. The monoisotopic (exact) mass is 452 g/mol. The summed E-state index contributed by atoms with van der Waals surface area (Å²) in [5.74, 6) is -1.18. The number of anilines is 2. The highest BCUT2D eigenvalue weighted by Crippen LogP contribution is 2.21. The average molecular weight is 453 g/mol. The Morgan fingerprint density at radius 3 is 2.34 bits per heavy atom. The zero-order valence-corrected chi connectivity index (χ0v) is 18.8. The van der Waals surface area contributed by atoms with Gasteiger partial charge in [0.2, 0.25) is 0 Å². The molecule has 0 aliphatic rings. The molecule has 0 aromatic heterocycles. The van der Waals surface area contributed by atoms with Gasteiger partial charge in [-0.05, 0) is 61.4 Å². The first-order valence-corrected chi connectivity index (χ1v) is 11.3. The summed E-state index contributed by atoms with van der Waals surface area (Å²) >= 11 is 0. The maximum atomic E-state index is 12.8. The summed E-state index contributed by atoms with van der Waals surface area (Å²) in [5.41, 5.74) is 2.61. The Kier molecular flexibility index (Phi) is 6.95. The van der Waals surface area contributed by atoms with E-state index in [1.165, 1.54) is 23.1 Å². The molecule has 7 nitrogen and oxygen atoms in total. The SMILES string of the molecule is Cc1cccc(NS(=O)(=O)c2ccc(C)c(C(=O)OCC(=O)N(C)c3ccccc3)c2)c1. The Bertz CT molecular complexity index is 1240. The lowest BCUT2D eigenvalue weighted by atomic mass is 10.1. The number of carbonyl (C=O) groups excluding carboxylic acids is 2. The van der Waals surface area contributed by atoms with E-state index in [1.807, 2.05) is 19.1 Å². The van der Waals surface area contributed by atoms with E-state index in [-0.39, 0.29) is 10.5 Å². The Balaban J connectivity index is 1.73. The van der Waals surface area contributed by atoms with Crippen molar-refractivity contribution in [3.05, 3.63) is 89.5 Å². The van der Waals surface area contributed by atoms with Gasteiger partial charge in [-0.25, -0.2) is 13.2 Å². The predicted molar refractivity (Wildman–Crippen MR) is 123 cm³/mol. The summed E-state index contributed by atoms with van der Waals surface area (Å²) in [7, 11) is -2.33. The second-order valence-corrected chi connectivity index (χ2v) is 9.00. The van der Waals surface area contributed by atoms with E-state index in [2.05, 4.69) is 4.72 Å². The fourth-order valence-electron chi connectivity index (χ4n) is 3.01. The van der Waals surface area contributed by atoms with Crippen molar-refractivity contribution in [2.75, 3.05) is 23.3 Å². The van der Waals surface area contributed by atoms with Crippen LogP contribution in [0.3, 0.4) is 0 Å². The molecule has 0 bridgehead atoms. The second kappa shape index (κ2) is 9.65. The molecule has 3 aromatic carbocycles. The van der Waals surface area contributed by atoms with Crippen LogP contribution < -0.4 is 9.62 Å². The Hall–Kier alpha value is -3.65. The van der Waals surface area contributed by atoms with Gasteiger partial charge < -0.3 is 9.64 Å². The number of para-hydroxylation sites is 1. The lowest BCUT2D eigenvalue weighted by Gasteiger charge is -2.17. The highest BCUT2D eigenvalue weighted by atomic mass is 32.2. The van der Waals surface area contributed by atoms with Gasteiger partial charge in [-0.1, -0.05) is 36.4 Å². The molecule has 0 saturated carbocycles. The summed E-state index contributed by atoms with van der Waals surface area (Å²) in [4.78, 5) is 26.3. The van der Waals surface area contributed by atoms with Crippen LogP contribution in [0.2, 0.25) is 0 Å². The second-order valence-electron chi connectivity index (χ2n) is 7.32. The number of carbonyl (C=O) groups is 2. The number of rotatable bonds is 7. The first-order valence-electron chi connectivity index (χ1n) is 9.86. The van der Waals surface area contributed by atoms with Gasteiger partial charge in [-0.15, -0.1) is 0 Å². The maximum absolute atomic E-state index is 12.8. The molecule has 0 heterocycles. The third kappa shape index (κ3) is 5.53. The van der Waals surface area contributed by atoms with Crippen LogP contribution in [0.25, 0.3) is 0 Å². The summed E-state index contributed by atoms with van der Waals surface area (Å²) in [5, 5.41) is 0. The van der Waals surface area contributed by atoms with Crippen LogP contribution in [-0.2, 0) is 19.6 Å². The average Bonchev–Trinajstić information content (AvgIpc) is 2.77. The minimum Gasteiger partial charge on any atom is -0.452 e. The third-order valence-electron chi connectivity index (χ3n) is 4.85. The molecule has 0 aliphatic heterocycles. The number of hydrogen-bond acceptors (Lipinski definition) is 5. The van der Waals surface area contributed by atoms with Gasteiger partial charge in [0.1, 0.15) is 0 Å².